The first kappa shape index (κ1) is 14.1. The van der Waals surface area contributed by atoms with Crippen LogP contribution in [-0.2, 0) is 13.6 Å². The molecule has 0 aliphatic carbocycles. The molecule has 0 aliphatic rings. The van der Waals surface area contributed by atoms with Crippen LogP contribution in [0.25, 0.3) is 6.08 Å². The normalized spacial score (nSPS) is 12.8. The highest BCUT2D eigenvalue weighted by molar-refractivity contribution is 7.58. The number of benzene rings is 1. The van der Waals surface area contributed by atoms with Gasteiger partial charge in [0, 0.05) is 0 Å². The monoisotopic (exact) mass is 258 g/mol. The van der Waals surface area contributed by atoms with Crippen molar-refractivity contribution in [3.8, 4) is 0 Å². The first-order valence-corrected chi connectivity index (χ1v) is 6.98. The van der Waals surface area contributed by atoms with Crippen LogP contribution in [0.4, 0.5) is 4.39 Å². The summed E-state index contributed by atoms with van der Waals surface area (Å²) < 4.78 is 35.7. The van der Waals surface area contributed by atoms with Gasteiger partial charge in [-0.05, 0) is 25.5 Å². The van der Waals surface area contributed by atoms with Gasteiger partial charge < -0.3 is 9.05 Å². The first-order chi connectivity index (χ1) is 8.12. The van der Waals surface area contributed by atoms with Gasteiger partial charge in [0.05, 0.1) is 13.2 Å². The Morgan fingerprint density at radius 2 is 1.76 bits per heavy atom. The molecule has 0 heterocycles. The van der Waals surface area contributed by atoms with Crippen LogP contribution >= 0.6 is 7.60 Å². The third-order valence-electron chi connectivity index (χ3n) is 1.95. The predicted octanol–water partition coefficient (Wildman–Crippen LogP) is 4.22. The van der Waals surface area contributed by atoms with Gasteiger partial charge in [-0.2, -0.15) is 4.39 Å². The van der Waals surface area contributed by atoms with Crippen molar-refractivity contribution in [1.29, 1.82) is 0 Å². The highest BCUT2D eigenvalue weighted by Gasteiger charge is 2.30. The van der Waals surface area contributed by atoms with E-state index >= 15 is 0 Å². The number of rotatable bonds is 6. The lowest BCUT2D eigenvalue weighted by Gasteiger charge is -2.14. The lowest BCUT2D eigenvalue weighted by atomic mass is 10.2. The average Bonchev–Trinajstić information content (AvgIpc) is 2.31. The molecule has 0 radical (unpaired) electrons. The molecule has 3 nitrogen and oxygen atoms in total. The molecule has 0 atom stereocenters. The Balaban J connectivity index is 2.96. The summed E-state index contributed by atoms with van der Waals surface area (Å²) >= 11 is 0. The Morgan fingerprint density at radius 3 is 2.24 bits per heavy atom. The molecule has 0 unspecified atom stereocenters. The van der Waals surface area contributed by atoms with Gasteiger partial charge in [-0.15, -0.1) is 0 Å². The Bertz CT molecular complexity index is 407. The summed E-state index contributed by atoms with van der Waals surface area (Å²) in [7, 11) is -3.78. The van der Waals surface area contributed by atoms with Crippen LogP contribution in [0.2, 0.25) is 0 Å². The van der Waals surface area contributed by atoms with Crippen molar-refractivity contribution in [1.82, 2.24) is 0 Å². The number of hydrogen-bond acceptors (Lipinski definition) is 3. The van der Waals surface area contributed by atoms with Gasteiger partial charge in [0.25, 0.3) is 0 Å². The quantitative estimate of drug-likeness (QED) is 0.716. The van der Waals surface area contributed by atoms with Crippen LogP contribution < -0.4 is 0 Å². The molecule has 94 valence electrons. The largest absolute Gasteiger partial charge is 0.389 e. The van der Waals surface area contributed by atoms with Crippen LogP contribution in [0.1, 0.15) is 19.4 Å². The van der Waals surface area contributed by atoms with Crippen molar-refractivity contribution in [3.05, 3.63) is 41.5 Å². The summed E-state index contributed by atoms with van der Waals surface area (Å²) in [5, 5.41) is 0. The van der Waals surface area contributed by atoms with Gasteiger partial charge in [0.1, 0.15) is 0 Å². The minimum atomic E-state index is -3.78. The van der Waals surface area contributed by atoms with Crippen LogP contribution in [0.5, 0.6) is 0 Å². The van der Waals surface area contributed by atoms with Gasteiger partial charge in [-0.25, -0.2) is 0 Å². The molecule has 1 aromatic rings. The Labute approximate surface area is 101 Å². The summed E-state index contributed by atoms with van der Waals surface area (Å²) in [5.74, 6) is 0. The minimum absolute atomic E-state index is 0.132. The molecule has 17 heavy (non-hydrogen) atoms. The summed E-state index contributed by atoms with van der Waals surface area (Å²) in [6.45, 7) is 3.55. The van der Waals surface area contributed by atoms with Gasteiger partial charge in [0.2, 0.25) is 5.57 Å². The second-order valence-electron chi connectivity index (χ2n) is 3.21. The molecular formula is C12H16FO3P. The standard InChI is InChI=1S/C12H16FO3P/c1-3-15-17(14,16-4-2)12(13)10-11-8-6-5-7-9-11/h5-10H,3-4H2,1-2H3/b12-10+. The number of halogens is 1. The van der Waals surface area contributed by atoms with Crippen LogP contribution in [-0.4, -0.2) is 13.2 Å². The van der Waals surface area contributed by atoms with Crippen molar-refractivity contribution in [2.45, 2.75) is 13.8 Å². The smallest absolute Gasteiger partial charge is 0.304 e. The van der Waals surface area contributed by atoms with Crippen LogP contribution in [0, 0.1) is 0 Å². The van der Waals surface area contributed by atoms with E-state index in [2.05, 4.69) is 0 Å². The lowest BCUT2D eigenvalue weighted by Crippen LogP contribution is -1.96. The topological polar surface area (TPSA) is 35.5 Å². The van der Waals surface area contributed by atoms with E-state index in [-0.39, 0.29) is 13.2 Å². The highest BCUT2D eigenvalue weighted by Crippen LogP contribution is 2.57. The Kier molecular flexibility index (Phi) is 5.56. The molecule has 0 saturated heterocycles. The summed E-state index contributed by atoms with van der Waals surface area (Å²) in [4.78, 5) is 0. The van der Waals surface area contributed by atoms with E-state index in [9.17, 15) is 8.96 Å². The maximum Gasteiger partial charge on any atom is 0.389 e. The molecule has 0 N–H and O–H groups in total. The summed E-state index contributed by atoms with van der Waals surface area (Å²) in [6, 6.07) is 8.78. The van der Waals surface area contributed by atoms with Crippen molar-refractivity contribution in [2.75, 3.05) is 13.2 Å². The Hall–Kier alpha value is -0.960. The van der Waals surface area contributed by atoms with Crippen molar-refractivity contribution >= 4 is 13.7 Å². The zero-order chi connectivity index (χ0) is 12.7. The molecule has 5 heteroatoms. The van der Waals surface area contributed by atoms with Crippen molar-refractivity contribution in [3.63, 3.8) is 0 Å². The molecule has 1 rings (SSSR count). The maximum absolute atomic E-state index is 13.9. The molecule has 0 bridgehead atoms. The molecule has 0 amide bonds. The SMILES string of the molecule is CCOP(=O)(OCC)/C(F)=C/c1ccccc1. The van der Waals surface area contributed by atoms with E-state index in [1.165, 1.54) is 6.08 Å². The fourth-order valence-corrected chi connectivity index (χ4v) is 2.57. The van der Waals surface area contributed by atoms with Crippen molar-refractivity contribution < 1.29 is 18.0 Å². The number of hydrogen-bond donors (Lipinski definition) is 0. The fraction of sp³-hybridized carbons (Fsp3) is 0.333. The molecule has 0 spiro atoms. The first-order valence-electron chi connectivity index (χ1n) is 5.44. The molecule has 0 aliphatic heterocycles. The highest BCUT2D eigenvalue weighted by atomic mass is 31.2. The zero-order valence-corrected chi connectivity index (χ0v) is 10.8. The predicted molar refractivity (Wildman–Crippen MR) is 66.4 cm³/mol. The second kappa shape index (κ2) is 6.70. The van der Waals surface area contributed by atoms with Gasteiger partial charge in [-0.3, -0.25) is 4.57 Å². The molecular weight excluding hydrogens is 242 g/mol. The van der Waals surface area contributed by atoms with Crippen LogP contribution in [0.15, 0.2) is 35.9 Å². The zero-order valence-electron chi connectivity index (χ0n) is 9.93. The third kappa shape index (κ3) is 4.08. The summed E-state index contributed by atoms with van der Waals surface area (Å²) in [6.07, 6.45) is 1.17. The summed E-state index contributed by atoms with van der Waals surface area (Å²) in [5.41, 5.74) is -0.253. The van der Waals surface area contributed by atoms with E-state index in [4.69, 9.17) is 9.05 Å². The Morgan fingerprint density at radius 1 is 1.24 bits per heavy atom. The molecule has 0 aromatic heterocycles. The van der Waals surface area contributed by atoms with Gasteiger partial charge in [0.15, 0.2) is 0 Å². The third-order valence-corrected chi connectivity index (χ3v) is 3.79. The average molecular weight is 258 g/mol. The van der Waals surface area contributed by atoms with E-state index in [0.717, 1.165) is 0 Å². The van der Waals surface area contributed by atoms with E-state index in [1.807, 2.05) is 6.07 Å². The second-order valence-corrected chi connectivity index (χ2v) is 5.15. The fourth-order valence-electron chi connectivity index (χ4n) is 1.27. The van der Waals surface area contributed by atoms with E-state index in [1.54, 1.807) is 38.1 Å². The van der Waals surface area contributed by atoms with E-state index in [0.29, 0.717) is 5.56 Å². The molecule has 0 fully saturated rings. The van der Waals surface area contributed by atoms with E-state index < -0.39 is 13.2 Å². The molecule has 0 saturated carbocycles. The van der Waals surface area contributed by atoms with Gasteiger partial charge >= 0.3 is 7.60 Å². The van der Waals surface area contributed by atoms with Crippen LogP contribution in [0.3, 0.4) is 0 Å². The van der Waals surface area contributed by atoms with Crippen molar-refractivity contribution in [2.24, 2.45) is 0 Å². The van der Waals surface area contributed by atoms with Gasteiger partial charge in [-0.1, -0.05) is 30.3 Å². The lowest BCUT2D eigenvalue weighted by molar-refractivity contribution is 0.220. The maximum atomic E-state index is 13.9. The minimum Gasteiger partial charge on any atom is -0.304 e. The molecule has 1 aromatic carbocycles.